The number of piperidine rings is 1. The molecule has 1 aliphatic rings. The lowest BCUT2D eigenvalue weighted by Gasteiger charge is -2.22. The van der Waals surface area contributed by atoms with E-state index < -0.39 is 34.6 Å². The summed E-state index contributed by atoms with van der Waals surface area (Å²) in [7, 11) is -2.30. The highest BCUT2D eigenvalue weighted by Gasteiger charge is 2.29. The molecule has 16 heteroatoms. The van der Waals surface area contributed by atoms with Crippen molar-refractivity contribution >= 4 is 50.8 Å². The Morgan fingerprint density at radius 2 is 1.68 bits per heavy atom. The molecule has 0 saturated carbocycles. The minimum Gasteiger partial charge on any atom is -0.495 e. The number of carbonyl (C=O) groups is 3. The quantitative estimate of drug-likeness (QED) is 0.130. The number of hydrogen-bond acceptors (Lipinski definition) is 11. The van der Waals surface area contributed by atoms with Gasteiger partial charge >= 0.3 is 12.1 Å². The number of rotatable bonds is 11. The molecule has 2 amide bonds. The van der Waals surface area contributed by atoms with E-state index in [-0.39, 0.29) is 39.9 Å². The number of nitrogens with one attached hydrogen (secondary N) is 2. The fourth-order valence-corrected chi connectivity index (χ4v) is 6.41. The first kappa shape index (κ1) is 36.9. The minimum atomic E-state index is -3.62. The topological polar surface area (TPSA) is 171 Å². The van der Waals surface area contributed by atoms with Crippen LogP contribution in [0.5, 0.6) is 5.75 Å². The second-order valence-electron chi connectivity index (χ2n) is 12.4. The van der Waals surface area contributed by atoms with Gasteiger partial charge in [0.05, 0.1) is 29.5 Å². The number of ether oxygens (including phenoxy) is 3. The third-order valence-electron chi connectivity index (χ3n) is 8.83. The van der Waals surface area contributed by atoms with Gasteiger partial charge in [-0.3, -0.25) is 9.59 Å². The maximum atomic E-state index is 13.7. The molecule has 1 saturated heterocycles. The number of halogens is 1. The number of anilines is 3. The van der Waals surface area contributed by atoms with Crippen molar-refractivity contribution in [3.05, 3.63) is 96.4 Å². The Bertz CT molecular complexity index is 2240. The first-order valence-corrected chi connectivity index (χ1v) is 18.6. The molecule has 0 spiro atoms. The number of carbonyl (C=O) groups excluding carboxylic acids is 3. The standard InChI is InChI=1S/C37H37FN6O8S/c1-23(24-4-9-28(38)10-5-24)34(45)40-29-11-6-25(7-12-29)27-8-15-33-41-36(42-43(33)21-27)44(31-14-13-30(53(3,48)49)20-32(31)50-2)37(47)52-22-51-35(46)26-16-18-39-19-17-26/h4-15,20-21,23,26,39H,16-19,22H2,1-3H3,(H,40,45)/t23-/m1/s1. The molecule has 0 aliphatic carbocycles. The van der Waals surface area contributed by atoms with Crippen LogP contribution in [0.25, 0.3) is 16.8 Å². The highest BCUT2D eigenvalue weighted by molar-refractivity contribution is 7.90. The first-order chi connectivity index (χ1) is 25.4. The number of sulfone groups is 1. The number of pyridine rings is 1. The van der Waals surface area contributed by atoms with Crippen LogP contribution in [0.4, 0.5) is 26.5 Å². The fraction of sp³-hybridized carbons (Fsp3) is 0.270. The van der Waals surface area contributed by atoms with Crippen LogP contribution in [0.3, 0.4) is 0 Å². The molecule has 2 aromatic heterocycles. The highest BCUT2D eigenvalue weighted by Crippen LogP contribution is 2.35. The van der Waals surface area contributed by atoms with Crippen molar-refractivity contribution in [2.75, 3.05) is 43.5 Å². The van der Waals surface area contributed by atoms with Gasteiger partial charge in [0, 0.05) is 29.8 Å². The van der Waals surface area contributed by atoms with E-state index in [4.69, 9.17) is 14.2 Å². The summed E-state index contributed by atoms with van der Waals surface area (Å²) in [6.07, 6.45) is 2.95. The van der Waals surface area contributed by atoms with E-state index in [2.05, 4.69) is 20.7 Å². The Kier molecular flexibility index (Phi) is 11.0. The first-order valence-electron chi connectivity index (χ1n) is 16.7. The SMILES string of the molecule is COc1cc(S(C)(=O)=O)ccc1N(C(=O)OCOC(=O)C1CCNCC1)c1nc2ccc(-c3ccc(NC(=O)[C@H](C)c4ccc(F)cc4)cc3)cn2n1. The Balaban J connectivity index is 1.24. The molecular weight excluding hydrogens is 708 g/mol. The molecular formula is C37H37FN6O8S. The predicted octanol–water partition coefficient (Wildman–Crippen LogP) is 5.46. The summed E-state index contributed by atoms with van der Waals surface area (Å²) in [6, 6.07) is 20.4. The van der Waals surface area contributed by atoms with Crippen LogP contribution in [0, 0.1) is 11.7 Å². The highest BCUT2D eigenvalue weighted by atomic mass is 32.2. The average molecular weight is 745 g/mol. The Hall–Kier alpha value is -5.87. The molecule has 2 N–H and O–H groups in total. The second kappa shape index (κ2) is 15.8. The molecule has 0 radical (unpaired) electrons. The van der Waals surface area contributed by atoms with Crippen LogP contribution in [0.2, 0.25) is 0 Å². The maximum absolute atomic E-state index is 13.7. The van der Waals surface area contributed by atoms with Crippen molar-refractivity contribution in [3.8, 4) is 16.9 Å². The molecule has 0 bridgehead atoms. The zero-order valence-corrected chi connectivity index (χ0v) is 29.9. The lowest BCUT2D eigenvalue weighted by atomic mass is 9.99. The summed E-state index contributed by atoms with van der Waals surface area (Å²) in [5.74, 6) is -2.01. The molecule has 14 nitrogen and oxygen atoms in total. The molecule has 276 valence electrons. The molecule has 1 atom stereocenters. The Morgan fingerprint density at radius 3 is 2.36 bits per heavy atom. The van der Waals surface area contributed by atoms with E-state index in [1.54, 1.807) is 43.5 Å². The third-order valence-corrected chi connectivity index (χ3v) is 9.94. The molecule has 3 heterocycles. The molecule has 0 unspecified atom stereocenters. The maximum Gasteiger partial charge on any atom is 0.424 e. The van der Waals surface area contributed by atoms with Gasteiger partial charge in [-0.1, -0.05) is 24.3 Å². The van der Waals surface area contributed by atoms with Crippen LogP contribution in [0.1, 0.15) is 31.2 Å². The average Bonchev–Trinajstić information content (AvgIpc) is 3.58. The number of nitrogens with zero attached hydrogens (tertiary/aromatic N) is 4. The number of fused-ring (bicyclic) bond motifs is 1. The number of benzene rings is 3. The van der Waals surface area contributed by atoms with E-state index in [1.807, 2.05) is 18.2 Å². The van der Waals surface area contributed by atoms with Crippen molar-refractivity contribution in [3.63, 3.8) is 0 Å². The van der Waals surface area contributed by atoms with E-state index in [1.165, 1.54) is 42.0 Å². The Morgan fingerprint density at radius 1 is 0.981 bits per heavy atom. The van der Waals surface area contributed by atoms with Crippen molar-refractivity contribution in [1.29, 1.82) is 0 Å². The van der Waals surface area contributed by atoms with E-state index in [9.17, 15) is 27.2 Å². The number of methoxy groups -OCH3 is 1. The summed E-state index contributed by atoms with van der Waals surface area (Å²) in [5, 5.41) is 10.6. The van der Waals surface area contributed by atoms with Crippen LogP contribution >= 0.6 is 0 Å². The van der Waals surface area contributed by atoms with Crippen LogP contribution in [-0.2, 0) is 28.9 Å². The van der Waals surface area contributed by atoms with Crippen molar-refractivity contribution in [2.24, 2.45) is 5.92 Å². The molecule has 53 heavy (non-hydrogen) atoms. The number of esters is 1. The number of amides is 2. The van der Waals surface area contributed by atoms with Gasteiger partial charge in [-0.15, -0.1) is 5.10 Å². The Labute approximate surface area is 304 Å². The largest absolute Gasteiger partial charge is 0.495 e. The molecule has 3 aromatic carbocycles. The minimum absolute atomic E-state index is 0.0235. The van der Waals surface area contributed by atoms with Crippen molar-refractivity contribution in [1.82, 2.24) is 19.9 Å². The van der Waals surface area contributed by atoms with Gasteiger partial charge < -0.3 is 24.8 Å². The van der Waals surface area contributed by atoms with Gasteiger partial charge in [0.1, 0.15) is 11.6 Å². The van der Waals surface area contributed by atoms with Crippen LogP contribution in [-0.4, -0.2) is 74.2 Å². The van der Waals surface area contributed by atoms with Crippen molar-refractivity contribution in [2.45, 2.75) is 30.6 Å². The monoisotopic (exact) mass is 744 g/mol. The predicted molar refractivity (Wildman–Crippen MR) is 193 cm³/mol. The smallest absolute Gasteiger partial charge is 0.424 e. The fourth-order valence-electron chi connectivity index (χ4n) is 5.78. The molecule has 1 aliphatic heterocycles. The zero-order chi connectivity index (χ0) is 37.7. The van der Waals surface area contributed by atoms with Gasteiger partial charge in [-0.05, 0) is 92.5 Å². The molecule has 1 fully saturated rings. The van der Waals surface area contributed by atoms with E-state index in [0.29, 0.717) is 42.8 Å². The van der Waals surface area contributed by atoms with Gasteiger partial charge in [0.25, 0.3) is 5.95 Å². The number of hydrogen-bond donors (Lipinski definition) is 2. The number of aromatic nitrogens is 3. The van der Waals surface area contributed by atoms with Crippen molar-refractivity contribution < 1.29 is 41.4 Å². The van der Waals surface area contributed by atoms with E-state index >= 15 is 0 Å². The van der Waals surface area contributed by atoms with Crippen LogP contribution < -0.4 is 20.3 Å². The summed E-state index contributed by atoms with van der Waals surface area (Å²) in [5.41, 5.74) is 3.23. The zero-order valence-electron chi connectivity index (χ0n) is 29.1. The lowest BCUT2D eigenvalue weighted by Crippen LogP contribution is -2.34. The molecule has 5 aromatic rings. The lowest BCUT2D eigenvalue weighted by molar-refractivity contribution is -0.157. The van der Waals surface area contributed by atoms with Crippen LogP contribution in [0.15, 0.2) is 90.0 Å². The van der Waals surface area contributed by atoms with E-state index in [0.717, 1.165) is 22.3 Å². The normalized spacial score (nSPS) is 14.0. The summed E-state index contributed by atoms with van der Waals surface area (Å²) >= 11 is 0. The summed E-state index contributed by atoms with van der Waals surface area (Å²) < 4.78 is 55.4. The van der Waals surface area contributed by atoms with Gasteiger partial charge in [0.2, 0.25) is 12.7 Å². The van der Waals surface area contributed by atoms with Gasteiger partial charge in [-0.2, -0.15) is 4.98 Å². The van der Waals surface area contributed by atoms with Gasteiger partial charge in [0.15, 0.2) is 15.5 Å². The second-order valence-corrected chi connectivity index (χ2v) is 14.4. The molecule has 6 rings (SSSR count). The third kappa shape index (κ3) is 8.61. The summed E-state index contributed by atoms with van der Waals surface area (Å²) in [6.45, 7) is 2.44. The summed E-state index contributed by atoms with van der Waals surface area (Å²) in [4.78, 5) is 44.5. The van der Waals surface area contributed by atoms with Gasteiger partial charge in [-0.25, -0.2) is 27.0 Å².